The summed E-state index contributed by atoms with van der Waals surface area (Å²) in [4.78, 5) is 4.48. The van der Waals surface area contributed by atoms with E-state index in [1.807, 2.05) is 11.8 Å². The monoisotopic (exact) mass is 143 g/mol. The normalized spacial score (nSPS) is 32.4. The Labute approximate surface area is 60.9 Å². The average Bonchev–Trinajstić information content (AvgIpc) is 1.79. The van der Waals surface area contributed by atoms with Crippen molar-refractivity contribution in [3.8, 4) is 0 Å². The number of hydrogen-bond acceptors (Lipinski definition) is 2. The van der Waals surface area contributed by atoms with Crippen molar-refractivity contribution in [2.45, 2.75) is 38.5 Å². The minimum atomic E-state index is 0.175. The fourth-order valence-electron chi connectivity index (χ4n) is 0.923. The van der Waals surface area contributed by atoms with Gasteiger partial charge in [-0.05, 0) is 20.8 Å². The molecule has 0 aromatic carbocycles. The minimum absolute atomic E-state index is 0.175. The van der Waals surface area contributed by atoms with Crippen LogP contribution in [0.25, 0.3) is 0 Å². The van der Waals surface area contributed by atoms with Gasteiger partial charge in [0.2, 0.25) is 0 Å². The lowest BCUT2D eigenvalue weighted by Gasteiger charge is -2.18. The molecular formula is C7H13NS. The maximum Gasteiger partial charge on any atom is 0.0680 e. The Morgan fingerprint density at radius 2 is 2.11 bits per heavy atom. The molecule has 52 valence electrons. The molecule has 1 nitrogen and oxygen atoms in total. The summed E-state index contributed by atoms with van der Waals surface area (Å²) in [5, 5.41) is 1.88. The second-order valence-corrected chi connectivity index (χ2v) is 4.58. The van der Waals surface area contributed by atoms with Gasteiger partial charge in [0.1, 0.15) is 0 Å². The van der Waals surface area contributed by atoms with Crippen molar-refractivity contribution in [2.24, 2.45) is 4.99 Å². The molecule has 0 bridgehead atoms. The number of hydrogen-bond donors (Lipinski definition) is 0. The fraction of sp³-hybridized carbons (Fsp3) is 0.857. The maximum atomic E-state index is 4.48. The molecule has 1 heterocycles. The molecule has 1 aliphatic heterocycles. The molecule has 2 heteroatoms. The highest BCUT2D eigenvalue weighted by Gasteiger charge is 2.31. The van der Waals surface area contributed by atoms with Crippen LogP contribution in [0, 0.1) is 0 Å². The third-order valence-electron chi connectivity index (χ3n) is 1.79. The van der Waals surface area contributed by atoms with Crippen molar-refractivity contribution in [2.75, 3.05) is 0 Å². The van der Waals surface area contributed by atoms with Crippen molar-refractivity contribution in [1.29, 1.82) is 0 Å². The second-order valence-electron chi connectivity index (χ2n) is 3.04. The van der Waals surface area contributed by atoms with Crippen molar-refractivity contribution in [3.05, 3.63) is 0 Å². The van der Waals surface area contributed by atoms with Crippen LogP contribution in [0.2, 0.25) is 0 Å². The van der Waals surface area contributed by atoms with Gasteiger partial charge in [0.05, 0.1) is 10.6 Å². The van der Waals surface area contributed by atoms with E-state index in [-0.39, 0.29) is 5.54 Å². The largest absolute Gasteiger partial charge is 0.276 e. The van der Waals surface area contributed by atoms with Crippen LogP contribution in [0.5, 0.6) is 0 Å². The van der Waals surface area contributed by atoms with E-state index in [2.05, 4.69) is 32.7 Å². The highest BCUT2D eigenvalue weighted by molar-refractivity contribution is 8.14. The van der Waals surface area contributed by atoms with Gasteiger partial charge in [0.25, 0.3) is 0 Å². The number of nitrogens with zero attached hydrogens (tertiary/aromatic N) is 1. The van der Waals surface area contributed by atoms with Gasteiger partial charge >= 0.3 is 0 Å². The van der Waals surface area contributed by atoms with E-state index in [1.165, 1.54) is 5.04 Å². The summed E-state index contributed by atoms with van der Waals surface area (Å²) in [6.45, 7) is 8.67. The molecule has 0 radical (unpaired) electrons. The predicted octanol–water partition coefficient (Wildman–Crippen LogP) is 2.32. The van der Waals surface area contributed by atoms with Crippen LogP contribution in [0.3, 0.4) is 0 Å². The summed E-state index contributed by atoms with van der Waals surface area (Å²) < 4.78 is 0. The molecule has 0 aromatic heterocycles. The van der Waals surface area contributed by atoms with E-state index in [0.29, 0.717) is 5.25 Å². The van der Waals surface area contributed by atoms with Crippen LogP contribution in [0.15, 0.2) is 4.99 Å². The first-order valence-electron chi connectivity index (χ1n) is 3.25. The van der Waals surface area contributed by atoms with E-state index >= 15 is 0 Å². The molecule has 0 fully saturated rings. The van der Waals surface area contributed by atoms with Crippen molar-refractivity contribution < 1.29 is 0 Å². The molecule has 1 unspecified atom stereocenters. The number of aliphatic imine (C=N–C) groups is 1. The molecule has 0 N–H and O–H groups in total. The smallest absolute Gasteiger partial charge is 0.0680 e. The molecule has 0 saturated carbocycles. The van der Waals surface area contributed by atoms with E-state index < -0.39 is 0 Å². The fourth-order valence-corrected chi connectivity index (χ4v) is 2.06. The Kier molecular flexibility index (Phi) is 1.59. The Bertz CT molecular complexity index is 149. The SMILES string of the molecule is CC1=NC(C)(C)C(C)S1. The highest BCUT2D eigenvalue weighted by atomic mass is 32.2. The van der Waals surface area contributed by atoms with E-state index in [1.54, 1.807) is 0 Å². The van der Waals surface area contributed by atoms with Gasteiger partial charge in [-0.1, -0.05) is 6.92 Å². The molecule has 0 aromatic rings. The molecule has 0 amide bonds. The zero-order chi connectivity index (χ0) is 7.07. The third-order valence-corrected chi connectivity index (χ3v) is 3.15. The van der Waals surface area contributed by atoms with E-state index in [4.69, 9.17) is 0 Å². The van der Waals surface area contributed by atoms with E-state index in [0.717, 1.165) is 0 Å². The zero-order valence-corrected chi connectivity index (χ0v) is 7.25. The number of rotatable bonds is 0. The number of thioether (sulfide) groups is 1. The summed E-state index contributed by atoms with van der Waals surface area (Å²) in [6, 6.07) is 0. The van der Waals surface area contributed by atoms with Crippen LogP contribution in [0.4, 0.5) is 0 Å². The lowest BCUT2D eigenvalue weighted by Crippen LogP contribution is -2.24. The lowest BCUT2D eigenvalue weighted by molar-refractivity contribution is 0.529. The van der Waals surface area contributed by atoms with Gasteiger partial charge in [0.15, 0.2) is 0 Å². The Morgan fingerprint density at radius 1 is 1.56 bits per heavy atom. The van der Waals surface area contributed by atoms with Crippen molar-refractivity contribution in [1.82, 2.24) is 0 Å². The van der Waals surface area contributed by atoms with Gasteiger partial charge in [-0.15, -0.1) is 11.8 Å². The third kappa shape index (κ3) is 1.29. The first-order valence-corrected chi connectivity index (χ1v) is 4.13. The lowest BCUT2D eigenvalue weighted by atomic mass is 10.0. The second kappa shape index (κ2) is 2.01. The Hall–Kier alpha value is 0.0200. The first kappa shape index (κ1) is 7.13. The first-order chi connectivity index (χ1) is 4.02. The van der Waals surface area contributed by atoms with Gasteiger partial charge in [-0.3, -0.25) is 4.99 Å². The Balaban J connectivity index is 2.76. The van der Waals surface area contributed by atoms with Crippen LogP contribution in [-0.4, -0.2) is 15.8 Å². The highest BCUT2D eigenvalue weighted by Crippen LogP contribution is 2.34. The van der Waals surface area contributed by atoms with Crippen LogP contribution < -0.4 is 0 Å². The quantitative estimate of drug-likeness (QED) is 0.507. The minimum Gasteiger partial charge on any atom is -0.276 e. The summed E-state index contributed by atoms with van der Waals surface area (Å²) in [7, 11) is 0. The summed E-state index contributed by atoms with van der Waals surface area (Å²) in [5.74, 6) is 0. The average molecular weight is 143 g/mol. The standard InChI is InChI=1S/C7H13NS/c1-5-7(3,4)8-6(2)9-5/h5H,1-4H3. The molecule has 0 saturated heterocycles. The zero-order valence-electron chi connectivity index (χ0n) is 6.43. The van der Waals surface area contributed by atoms with Gasteiger partial charge in [-0.2, -0.15) is 0 Å². The molecule has 1 aliphatic rings. The van der Waals surface area contributed by atoms with Crippen LogP contribution in [0.1, 0.15) is 27.7 Å². The Morgan fingerprint density at radius 3 is 2.22 bits per heavy atom. The van der Waals surface area contributed by atoms with E-state index in [9.17, 15) is 0 Å². The van der Waals surface area contributed by atoms with Crippen LogP contribution >= 0.6 is 11.8 Å². The molecule has 9 heavy (non-hydrogen) atoms. The van der Waals surface area contributed by atoms with Crippen molar-refractivity contribution >= 4 is 16.8 Å². The molecular weight excluding hydrogens is 130 g/mol. The maximum absolute atomic E-state index is 4.48. The molecule has 1 rings (SSSR count). The molecule has 1 atom stereocenters. The van der Waals surface area contributed by atoms with Crippen LogP contribution in [-0.2, 0) is 0 Å². The molecule has 0 aliphatic carbocycles. The summed E-state index contributed by atoms with van der Waals surface area (Å²) in [6.07, 6.45) is 0. The van der Waals surface area contributed by atoms with Gasteiger partial charge in [-0.25, -0.2) is 0 Å². The predicted molar refractivity (Wildman–Crippen MR) is 44.2 cm³/mol. The summed E-state index contributed by atoms with van der Waals surface area (Å²) in [5.41, 5.74) is 0.175. The van der Waals surface area contributed by atoms with Gasteiger partial charge < -0.3 is 0 Å². The summed E-state index contributed by atoms with van der Waals surface area (Å²) >= 11 is 1.88. The van der Waals surface area contributed by atoms with Gasteiger partial charge in [0, 0.05) is 5.25 Å². The van der Waals surface area contributed by atoms with Crippen molar-refractivity contribution in [3.63, 3.8) is 0 Å². The molecule has 0 spiro atoms. The topological polar surface area (TPSA) is 12.4 Å².